The number of likely N-dealkylation sites (tertiary alicyclic amines) is 2. The Morgan fingerprint density at radius 2 is 2.17 bits per heavy atom. The standard InChI is InChI=1S/C18H27N3O2/c1-13-4-7-17(23-13)16(20-8-2-3-9-20)11-19-18(22)21-12-14-5-6-15(21)10-14/h4,7,14-16H,2-3,5-6,8-12H2,1H3,(H,19,22). The maximum atomic E-state index is 12.6. The zero-order valence-corrected chi connectivity index (χ0v) is 14.0. The highest BCUT2D eigenvalue weighted by molar-refractivity contribution is 5.75. The number of furan rings is 1. The third-order valence-corrected chi connectivity index (χ3v) is 5.79. The zero-order chi connectivity index (χ0) is 15.8. The molecule has 0 spiro atoms. The highest BCUT2D eigenvalue weighted by Gasteiger charge is 2.40. The van der Waals surface area contributed by atoms with E-state index in [0.717, 1.165) is 37.1 Å². The Labute approximate surface area is 138 Å². The molecule has 1 N–H and O–H groups in total. The average Bonchev–Trinajstić information content (AvgIpc) is 3.32. The number of nitrogens with zero attached hydrogens (tertiary/aromatic N) is 2. The summed E-state index contributed by atoms with van der Waals surface area (Å²) in [6.07, 6.45) is 6.17. The second-order valence-electron chi connectivity index (χ2n) is 7.38. The molecule has 126 valence electrons. The predicted octanol–water partition coefficient (Wildman–Crippen LogP) is 2.92. The van der Waals surface area contributed by atoms with E-state index in [1.807, 2.05) is 13.0 Å². The summed E-state index contributed by atoms with van der Waals surface area (Å²) < 4.78 is 5.86. The molecule has 2 amide bonds. The monoisotopic (exact) mass is 317 g/mol. The molecule has 1 aromatic heterocycles. The van der Waals surface area contributed by atoms with Gasteiger partial charge >= 0.3 is 6.03 Å². The molecule has 5 heteroatoms. The summed E-state index contributed by atoms with van der Waals surface area (Å²) in [5.74, 6) is 2.66. The maximum Gasteiger partial charge on any atom is 0.317 e. The smallest absolute Gasteiger partial charge is 0.317 e. The van der Waals surface area contributed by atoms with Crippen LogP contribution in [0, 0.1) is 12.8 Å². The number of carbonyl (C=O) groups excluding carboxylic acids is 1. The fourth-order valence-electron chi connectivity index (χ4n) is 4.55. The van der Waals surface area contributed by atoms with E-state index in [0.29, 0.717) is 12.6 Å². The summed E-state index contributed by atoms with van der Waals surface area (Å²) in [6, 6.07) is 4.83. The van der Waals surface area contributed by atoms with Gasteiger partial charge in [0.15, 0.2) is 0 Å². The fraction of sp³-hybridized carbons (Fsp3) is 0.722. The summed E-state index contributed by atoms with van der Waals surface area (Å²) in [4.78, 5) is 17.1. The molecular formula is C18H27N3O2. The number of rotatable bonds is 4. The Kier molecular flexibility index (Phi) is 4.05. The number of aryl methyl sites for hydroxylation is 1. The van der Waals surface area contributed by atoms with Crippen LogP contribution in [0.3, 0.4) is 0 Å². The van der Waals surface area contributed by atoms with Crippen molar-refractivity contribution in [2.24, 2.45) is 5.92 Å². The zero-order valence-electron chi connectivity index (χ0n) is 14.0. The van der Waals surface area contributed by atoms with E-state index in [4.69, 9.17) is 4.42 Å². The number of urea groups is 1. The highest BCUT2D eigenvalue weighted by Crippen LogP contribution is 2.37. The molecule has 1 aromatic rings. The van der Waals surface area contributed by atoms with Crippen molar-refractivity contribution in [2.75, 3.05) is 26.2 Å². The van der Waals surface area contributed by atoms with Crippen molar-refractivity contribution in [1.29, 1.82) is 0 Å². The quantitative estimate of drug-likeness (QED) is 0.929. The van der Waals surface area contributed by atoms with Crippen LogP contribution in [0.25, 0.3) is 0 Å². The minimum atomic E-state index is 0.115. The van der Waals surface area contributed by atoms with Gasteiger partial charge in [-0.2, -0.15) is 0 Å². The van der Waals surface area contributed by atoms with Crippen LogP contribution in [0.5, 0.6) is 0 Å². The molecule has 4 rings (SSSR count). The average molecular weight is 317 g/mol. The number of carbonyl (C=O) groups is 1. The molecule has 3 atom stereocenters. The molecule has 3 fully saturated rings. The van der Waals surface area contributed by atoms with Gasteiger partial charge in [-0.05, 0) is 70.2 Å². The van der Waals surface area contributed by atoms with Gasteiger partial charge in [0.25, 0.3) is 0 Å². The van der Waals surface area contributed by atoms with Crippen LogP contribution >= 0.6 is 0 Å². The Balaban J connectivity index is 1.40. The van der Waals surface area contributed by atoms with Gasteiger partial charge < -0.3 is 14.6 Å². The summed E-state index contributed by atoms with van der Waals surface area (Å²) in [6.45, 7) is 5.75. The largest absolute Gasteiger partial charge is 0.465 e. The molecule has 1 saturated carbocycles. The number of hydrogen-bond donors (Lipinski definition) is 1. The van der Waals surface area contributed by atoms with Crippen molar-refractivity contribution in [3.05, 3.63) is 23.7 Å². The molecule has 1 aliphatic carbocycles. The molecule has 2 saturated heterocycles. The van der Waals surface area contributed by atoms with Gasteiger partial charge in [-0.25, -0.2) is 4.79 Å². The minimum Gasteiger partial charge on any atom is -0.465 e. The summed E-state index contributed by atoms with van der Waals surface area (Å²) >= 11 is 0. The van der Waals surface area contributed by atoms with Gasteiger partial charge in [0.2, 0.25) is 0 Å². The molecule has 2 aliphatic heterocycles. The van der Waals surface area contributed by atoms with Crippen LogP contribution in [0.2, 0.25) is 0 Å². The predicted molar refractivity (Wildman–Crippen MR) is 88.2 cm³/mol. The van der Waals surface area contributed by atoms with E-state index in [2.05, 4.69) is 21.2 Å². The van der Waals surface area contributed by atoms with Crippen LogP contribution in [-0.2, 0) is 0 Å². The van der Waals surface area contributed by atoms with E-state index in [-0.39, 0.29) is 12.1 Å². The van der Waals surface area contributed by atoms with Gasteiger partial charge in [0.1, 0.15) is 11.5 Å². The van der Waals surface area contributed by atoms with Crippen molar-refractivity contribution < 1.29 is 9.21 Å². The number of hydrogen-bond acceptors (Lipinski definition) is 3. The van der Waals surface area contributed by atoms with E-state index in [9.17, 15) is 4.79 Å². The van der Waals surface area contributed by atoms with Crippen molar-refractivity contribution in [2.45, 2.75) is 51.1 Å². The van der Waals surface area contributed by atoms with Crippen molar-refractivity contribution in [3.63, 3.8) is 0 Å². The second kappa shape index (κ2) is 6.19. The minimum absolute atomic E-state index is 0.115. The lowest BCUT2D eigenvalue weighted by atomic mass is 10.1. The third-order valence-electron chi connectivity index (χ3n) is 5.79. The molecule has 5 nitrogen and oxygen atoms in total. The van der Waals surface area contributed by atoms with Crippen LogP contribution < -0.4 is 5.32 Å². The maximum absolute atomic E-state index is 12.6. The van der Waals surface area contributed by atoms with Crippen molar-refractivity contribution >= 4 is 6.03 Å². The Morgan fingerprint density at radius 1 is 1.35 bits per heavy atom. The summed E-state index contributed by atoms with van der Waals surface area (Å²) in [5.41, 5.74) is 0. The van der Waals surface area contributed by atoms with Gasteiger partial charge in [0.05, 0.1) is 6.04 Å². The molecule has 3 aliphatic rings. The Hall–Kier alpha value is -1.49. The lowest BCUT2D eigenvalue weighted by molar-refractivity contribution is 0.169. The van der Waals surface area contributed by atoms with E-state index in [1.165, 1.54) is 32.1 Å². The molecule has 23 heavy (non-hydrogen) atoms. The van der Waals surface area contributed by atoms with E-state index in [1.54, 1.807) is 0 Å². The van der Waals surface area contributed by atoms with Gasteiger partial charge in [0, 0.05) is 19.1 Å². The topological polar surface area (TPSA) is 48.7 Å². The molecule has 0 aromatic carbocycles. The van der Waals surface area contributed by atoms with Gasteiger partial charge in [-0.3, -0.25) is 4.90 Å². The summed E-state index contributed by atoms with van der Waals surface area (Å²) in [7, 11) is 0. The first-order chi connectivity index (χ1) is 11.2. The Bertz CT molecular complexity index is 564. The molecule has 2 bridgehead atoms. The highest BCUT2D eigenvalue weighted by atomic mass is 16.3. The Morgan fingerprint density at radius 3 is 2.78 bits per heavy atom. The van der Waals surface area contributed by atoms with Crippen LogP contribution in [0.1, 0.15) is 49.7 Å². The first kappa shape index (κ1) is 15.1. The first-order valence-corrected chi connectivity index (χ1v) is 9.05. The first-order valence-electron chi connectivity index (χ1n) is 9.05. The van der Waals surface area contributed by atoms with Crippen LogP contribution in [0.15, 0.2) is 16.5 Å². The van der Waals surface area contributed by atoms with E-state index >= 15 is 0 Å². The van der Waals surface area contributed by atoms with Gasteiger partial charge in [-0.1, -0.05) is 0 Å². The van der Waals surface area contributed by atoms with Crippen molar-refractivity contribution in [1.82, 2.24) is 15.1 Å². The number of amides is 2. The van der Waals surface area contributed by atoms with E-state index < -0.39 is 0 Å². The lowest BCUT2D eigenvalue weighted by Gasteiger charge is -2.30. The van der Waals surface area contributed by atoms with Crippen molar-refractivity contribution in [3.8, 4) is 0 Å². The number of fused-ring (bicyclic) bond motifs is 2. The second-order valence-corrected chi connectivity index (χ2v) is 7.38. The normalized spacial score (nSPS) is 28.5. The molecule has 3 heterocycles. The number of nitrogens with one attached hydrogen (secondary N) is 1. The van der Waals surface area contributed by atoms with Crippen LogP contribution in [-0.4, -0.2) is 48.1 Å². The third kappa shape index (κ3) is 2.99. The van der Waals surface area contributed by atoms with Crippen LogP contribution in [0.4, 0.5) is 4.79 Å². The summed E-state index contributed by atoms with van der Waals surface area (Å²) in [5, 5.41) is 3.18. The molecular weight excluding hydrogens is 290 g/mol. The van der Waals surface area contributed by atoms with Gasteiger partial charge in [-0.15, -0.1) is 0 Å². The molecule has 3 unspecified atom stereocenters. The fourth-order valence-corrected chi connectivity index (χ4v) is 4.55. The SMILES string of the molecule is Cc1ccc(C(CNC(=O)N2CC3CCC2C3)N2CCCC2)o1. The molecule has 0 radical (unpaired) electrons. The lowest BCUT2D eigenvalue weighted by Crippen LogP contribution is -2.46. The number of piperidine rings is 1.